The van der Waals surface area contributed by atoms with Gasteiger partial charge in [-0.2, -0.15) is 5.10 Å². The van der Waals surface area contributed by atoms with Crippen LogP contribution in [-0.2, 0) is 16.1 Å². The summed E-state index contributed by atoms with van der Waals surface area (Å²) in [6.07, 6.45) is 8.67. The predicted molar refractivity (Wildman–Crippen MR) is 128 cm³/mol. The molecule has 7 nitrogen and oxygen atoms in total. The number of ether oxygens (including phenoxy) is 2. The molecule has 0 aliphatic carbocycles. The van der Waals surface area contributed by atoms with Crippen molar-refractivity contribution >= 4 is 17.8 Å². The van der Waals surface area contributed by atoms with E-state index in [2.05, 4.69) is 9.72 Å². The summed E-state index contributed by atoms with van der Waals surface area (Å²) in [7, 11) is 1.30. The zero-order chi connectivity index (χ0) is 23.8. The molecule has 0 N–H and O–H groups in total. The van der Waals surface area contributed by atoms with Crippen LogP contribution in [0.1, 0.15) is 21.5 Å². The number of carbonyl (C=O) groups excluding carboxylic acids is 2. The van der Waals surface area contributed by atoms with Crippen LogP contribution < -0.4 is 4.74 Å². The van der Waals surface area contributed by atoms with Crippen LogP contribution in [0.3, 0.4) is 0 Å². The number of pyridine rings is 1. The lowest BCUT2D eigenvalue weighted by Gasteiger charge is -2.05. The quantitative estimate of drug-likeness (QED) is 0.212. The SMILES string of the molecule is COC(=O)COc1ccc(C(=O)C=Cc2cn(Cc3ccccc3)nc2-c2cccnc2)cc1. The minimum atomic E-state index is -0.472. The normalized spacial score (nSPS) is 10.9. The van der Waals surface area contributed by atoms with Crippen molar-refractivity contribution in [3.8, 4) is 17.0 Å². The van der Waals surface area contributed by atoms with E-state index in [4.69, 9.17) is 9.84 Å². The summed E-state index contributed by atoms with van der Waals surface area (Å²) in [6, 6.07) is 20.4. The summed E-state index contributed by atoms with van der Waals surface area (Å²) < 4.78 is 11.7. The maximum Gasteiger partial charge on any atom is 0.343 e. The molecular formula is C27H23N3O4. The van der Waals surface area contributed by atoms with Gasteiger partial charge in [0.2, 0.25) is 0 Å². The number of esters is 1. The number of ketones is 1. The van der Waals surface area contributed by atoms with Gasteiger partial charge in [0.05, 0.1) is 13.7 Å². The van der Waals surface area contributed by atoms with Gasteiger partial charge in [-0.05, 0) is 54.1 Å². The van der Waals surface area contributed by atoms with Gasteiger partial charge in [-0.1, -0.05) is 30.3 Å². The van der Waals surface area contributed by atoms with Crippen LogP contribution in [0.25, 0.3) is 17.3 Å². The van der Waals surface area contributed by atoms with Crippen LogP contribution in [0.2, 0.25) is 0 Å². The third-order valence-corrected chi connectivity index (χ3v) is 5.05. The molecule has 0 aliphatic heterocycles. The van der Waals surface area contributed by atoms with Crippen molar-refractivity contribution in [2.75, 3.05) is 13.7 Å². The Hall–Kier alpha value is -4.52. The van der Waals surface area contributed by atoms with Gasteiger partial charge in [-0.25, -0.2) is 4.79 Å². The standard InChI is InChI=1S/C27H23N3O4/c1-33-26(32)19-34-24-12-9-21(10-13-24)25(31)14-11-23-18-30(17-20-6-3-2-4-7-20)29-27(23)22-8-5-15-28-16-22/h2-16,18H,17,19H2,1H3. The van der Waals surface area contributed by atoms with Gasteiger partial charge >= 0.3 is 5.97 Å². The molecule has 2 aromatic carbocycles. The number of carbonyl (C=O) groups is 2. The Bertz CT molecular complexity index is 1280. The molecule has 0 unspecified atom stereocenters. The number of methoxy groups -OCH3 is 1. The number of hydrogen-bond acceptors (Lipinski definition) is 6. The van der Waals surface area contributed by atoms with E-state index in [-0.39, 0.29) is 12.4 Å². The highest BCUT2D eigenvalue weighted by Gasteiger charge is 2.11. The summed E-state index contributed by atoms with van der Waals surface area (Å²) in [4.78, 5) is 28.1. The topological polar surface area (TPSA) is 83.3 Å². The van der Waals surface area contributed by atoms with Crippen molar-refractivity contribution in [1.82, 2.24) is 14.8 Å². The fraction of sp³-hybridized carbons (Fsp3) is 0.111. The first kappa shape index (κ1) is 22.7. The summed E-state index contributed by atoms with van der Waals surface area (Å²) in [6.45, 7) is 0.427. The van der Waals surface area contributed by atoms with E-state index in [0.717, 1.165) is 22.4 Å². The summed E-state index contributed by atoms with van der Waals surface area (Å²) in [5.41, 5.74) is 4.06. The Kier molecular flexibility index (Phi) is 7.25. The van der Waals surface area contributed by atoms with E-state index in [0.29, 0.717) is 17.9 Å². The molecule has 0 aliphatic rings. The lowest BCUT2D eigenvalue weighted by atomic mass is 10.1. The third-order valence-electron chi connectivity index (χ3n) is 5.05. The Morgan fingerprint density at radius 1 is 1.00 bits per heavy atom. The maximum absolute atomic E-state index is 12.7. The minimum absolute atomic E-state index is 0.160. The average molecular weight is 453 g/mol. The smallest absolute Gasteiger partial charge is 0.343 e. The van der Waals surface area contributed by atoms with Gasteiger partial charge in [0.25, 0.3) is 0 Å². The van der Waals surface area contributed by atoms with E-state index < -0.39 is 5.97 Å². The highest BCUT2D eigenvalue weighted by Crippen LogP contribution is 2.23. The lowest BCUT2D eigenvalue weighted by Crippen LogP contribution is -2.12. The summed E-state index contributed by atoms with van der Waals surface area (Å²) in [5, 5.41) is 4.74. The van der Waals surface area contributed by atoms with E-state index >= 15 is 0 Å². The van der Waals surface area contributed by atoms with Crippen molar-refractivity contribution < 1.29 is 19.1 Å². The fourth-order valence-electron chi connectivity index (χ4n) is 3.32. The van der Waals surface area contributed by atoms with Crippen molar-refractivity contribution in [2.45, 2.75) is 6.54 Å². The molecule has 170 valence electrons. The van der Waals surface area contributed by atoms with Crippen LogP contribution in [0, 0.1) is 0 Å². The van der Waals surface area contributed by atoms with Crippen LogP contribution in [0.4, 0.5) is 0 Å². The molecular weight excluding hydrogens is 430 g/mol. The molecule has 0 radical (unpaired) electrons. The van der Waals surface area contributed by atoms with Crippen LogP contribution in [0.15, 0.2) is 91.4 Å². The molecule has 34 heavy (non-hydrogen) atoms. The second kappa shape index (κ2) is 10.9. The van der Waals surface area contributed by atoms with E-state index in [1.165, 1.54) is 13.2 Å². The Labute approximate surface area is 197 Å². The van der Waals surface area contributed by atoms with E-state index in [1.807, 2.05) is 53.3 Å². The Morgan fingerprint density at radius 3 is 2.50 bits per heavy atom. The summed E-state index contributed by atoms with van der Waals surface area (Å²) in [5.74, 6) is -0.153. The second-order valence-corrected chi connectivity index (χ2v) is 7.44. The lowest BCUT2D eigenvalue weighted by molar-refractivity contribution is -0.142. The zero-order valence-electron chi connectivity index (χ0n) is 18.6. The molecule has 4 rings (SSSR count). The zero-order valence-corrected chi connectivity index (χ0v) is 18.6. The number of allylic oxidation sites excluding steroid dienone is 1. The van der Waals surface area contributed by atoms with Gasteiger partial charge in [0.15, 0.2) is 12.4 Å². The minimum Gasteiger partial charge on any atom is -0.482 e. The van der Waals surface area contributed by atoms with Crippen LogP contribution in [-0.4, -0.2) is 40.2 Å². The first-order valence-electron chi connectivity index (χ1n) is 10.7. The molecule has 4 aromatic rings. The summed E-state index contributed by atoms with van der Waals surface area (Å²) >= 11 is 0. The van der Waals surface area contributed by atoms with Crippen molar-refractivity contribution in [3.05, 3.63) is 108 Å². The Balaban J connectivity index is 1.53. The largest absolute Gasteiger partial charge is 0.482 e. The fourth-order valence-corrected chi connectivity index (χ4v) is 3.32. The highest BCUT2D eigenvalue weighted by molar-refractivity contribution is 6.07. The van der Waals surface area contributed by atoms with Crippen LogP contribution >= 0.6 is 0 Å². The first-order valence-corrected chi connectivity index (χ1v) is 10.7. The van der Waals surface area contributed by atoms with Crippen molar-refractivity contribution in [3.63, 3.8) is 0 Å². The van der Waals surface area contributed by atoms with Gasteiger partial charge in [0, 0.05) is 35.3 Å². The number of hydrogen-bond donors (Lipinski definition) is 0. The third kappa shape index (κ3) is 5.83. The first-order chi connectivity index (χ1) is 16.6. The molecule has 0 atom stereocenters. The number of rotatable bonds is 9. The van der Waals surface area contributed by atoms with Gasteiger partial charge < -0.3 is 9.47 Å². The maximum atomic E-state index is 12.7. The van der Waals surface area contributed by atoms with Gasteiger partial charge in [-0.3, -0.25) is 14.5 Å². The molecule has 0 amide bonds. The molecule has 2 heterocycles. The number of nitrogens with zero attached hydrogens (tertiary/aromatic N) is 3. The van der Waals surface area contributed by atoms with Gasteiger partial charge in [0.1, 0.15) is 11.4 Å². The second-order valence-electron chi connectivity index (χ2n) is 7.44. The van der Waals surface area contributed by atoms with E-state index in [1.54, 1.807) is 42.7 Å². The highest BCUT2D eigenvalue weighted by atomic mass is 16.6. The number of aromatic nitrogens is 3. The molecule has 2 aromatic heterocycles. The van der Waals surface area contributed by atoms with Gasteiger partial charge in [-0.15, -0.1) is 0 Å². The molecule has 7 heteroatoms. The monoisotopic (exact) mass is 453 g/mol. The van der Waals surface area contributed by atoms with Crippen molar-refractivity contribution in [2.24, 2.45) is 0 Å². The molecule has 0 fully saturated rings. The molecule has 0 spiro atoms. The van der Waals surface area contributed by atoms with Crippen LogP contribution in [0.5, 0.6) is 5.75 Å². The van der Waals surface area contributed by atoms with E-state index in [9.17, 15) is 9.59 Å². The van der Waals surface area contributed by atoms with Crippen molar-refractivity contribution in [1.29, 1.82) is 0 Å². The Morgan fingerprint density at radius 2 is 1.79 bits per heavy atom. The number of benzene rings is 2. The average Bonchev–Trinajstić information content (AvgIpc) is 3.29. The molecule has 0 saturated heterocycles. The molecule has 0 bridgehead atoms. The predicted octanol–water partition coefficient (Wildman–Crippen LogP) is 4.44. The molecule has 0 saturated carbocycles.